The summed E-state index contributed by atoms with van der Waals surface area (Å²) < 4.78 is 6.98. The lowest BCUT2D eigenvalue weighted by Gasteiger charge is -2.39. The minimum Gasteiger partial charge on any atom is -0.388 e. The summed E-state index contributed by atoms with van der Waals surface area (Å²) in [6.45, 7) is 2.76. The average molecular weight is 808 g/mol. The number of likely N-dealkylation sites (tertiary alicyclic amines) is 1. The Balaban J connectivity index is 0.947. The smallest absolute Gasteiger partial charge is 0.261 e. The lowest BCUT2D eigenvalue weighted by Crippen LogP contribution is -2.51. The van der Waals surface area contributed by atoms with Crippen LogP contribution in [0.3, 0.4) is 0 Å². The first-order chi connectivity index (χ1) is 28.0. The Labute approximate surface area is 342 Å². The van der Waals surface area contributed by atoms with Gasteiger partial charge >= 0.3 is 0 Å². The SMILES string of the molecule is CN(C)CCC(=O)Nc1ccc2c(=O)n(CC3(O)CCN(C(=O)C(CCCNC(=O)c4ccc5c(Cl)c6c(nc5c4)COCC6)Cc4ccccc4)CC3)cnc2c1. The maximum atomic E-state index is 14.1. The van der Waals surface area contributed by atoms with Crippen molar-refractivity contribution in [2.24, 2.45) is 5.92 Å². The molecule has 1 saturated heterocycles. The van der Waals surface area contributed by atoms with Gasteiger partial charge in [-0.3, -0.25) is 23.7 Å². The fourth-order valence-corrected chi connectivity index (χ4v) is 8.17. The van der Waals surface area contributed by atoms with Gasteiger partial charge in [0.15, 0.2) is 0 Å². The molecule has 0 radical (unpaired) electrons. The molecule has 1 fully saturated rings. The van der Waals surface area contributed by atoms with Gasteiger partial charge < -0.3 is 30.3 Å². The van der Waals surface area contributed by atoms with Crippen LogP contribution in [-0.4, -0.2) is 99.6 Å². The minimum absolute atomic E-state index is 0.0103. The molecule has 58 heavy (non-hydrogen) atoms. The number of anilines is 1. The quantitative estimate of drug-likeness (QED) is 0.132. The van der Waals surface area contributed by atoms with E-state index in [4.69, 9.17) is 21.3 Å². The predicted molar refractivity (Wildman–Crippen MR) is 224 cm³/mol. The molecule has 3 aromatic carbocycles. The van der Waals surface area contributed by atoms with Gasteiger partial charge in [-0.2, -0.15) is 0 Å². The number of carbonyl (C=O) groups is 3. The first-order valence-electron chi connectivity index (χ1n) is 19.9. The fourth-order valence-electron chi connectivity index (χ4n) is 7.81. The highest BCUT2D eigenvalue weighted by Crippen LogP contribution is 2.32. The van der Waals surface area contributed by atoms with Crippen LogP contribution < -0.4 is 16.2 Å². The van der Waals surface area contributed by atoms with Crippen molar-refractivity contribution in [3.8, 4) is 0 Å². The van der Waals surface area contributed by atoms with E-state index in [1.54, 1.807) is 30.3 Å². The molecule has 0 spiro atoms. The molecule has 3 N–H and O–H groups in total. The first kappa shape index (κ1) is 41.0. The molecule has 0 bridgehead atoms. The van der Waals surface area contributed by atoms with E-state index < -0.39 is 5.60 Å². The minimum atomic E-state index is -1.20. The van der Waals surface area contributed by atoms with Crippen LogP contribution in [0.1, 0.15) is 59.3 Å². The zero-order valence-corrected chi connectivity index (χ0v) is 33.8. The maximum Gasteiger partial charge on any atom is 0.261 e. The Morgan fingerprint density at radius 1 is 1.02 bits per heavy atom. The summed E-state index contributed by atoms with van der Waals surface area (Å²) >= 11 is 6.70. The third-order valence-electron chi connectivity index (χ3n) is 11.2. The van der Waals surface area contributed by atoms with Crippen molar-refractivity contribution >= 4 is 56.8 Å². The number of aromatic nitrogens is 3. The second-order valence-corrected chi connectivity index (χ2v) is 16.1. The van der Waals surface area contributed by atoms with Crippen LogP contribution >= 0.6 is 11.6 Å². The van der Waals surface area contributed by atoms with Crippen LogP contribution in [0.15, 0.2) is 77.9 Å². The Kier molecular flexibility index (Phi) is 12.8. The number of nitrogens with zero attached hydrogens (tertiary/aromatic N) is 5. The van der Waals surface area contributed by atoms with E-state index in [0.717, 1.165) is 22.2 Å². The lowest BCUT2D eigenvalue weighted by molar-refractivity contribution is -0.140. The molecule has 2 aliphatic heterocycles. The molecule has 2 aliphatic rings. The Hall–Kier alpha value is -5.21. The number of aliphatic hydroxyl groups is 1. The van der Waals surface area contributed by atoms with Crippen molar-refractivity contribution in [2.45, 2.75) is 63.7 Å². The first-order valence-corrected chi connectivity index (χ1v) is 20.3. The molecule has 0 aliphatic carbocycles. The van der Waals surface area contributed by atoms with Crippen LogP contribution in [0.2, 0.25) is 5.02 Å². The summed E-state index contributed by atoms with van der Waals surface area (Å²) in [7, 11) is 3.80. The summed E-state index contributed by atoms with van der Waals surface area (Å²) in [5.74, 6) is -0.655. The number of fused-ring (bicyclic) bond motifs is 3. The second kappa shape index (κ2) is 18.2. The standard InChI is InChI=1S/C44H50ClN7O6/c1-50(2)19-14-39(53)48-32-11-13-35-36(25-32)47-28-52(43(35)56)27-44(57)16-20-51(21-17-44)42(55)31(23-29-7-4-3-5-8-29)9-6-18-46-41(54)30-10-12-33-37(24-30)49-38-26-58-22-15-34(38)40(33)45/h3-5,7-8,10-13,24-25,28,31,57H,6,9,14-23,26-27H2,1-2H3,(H,46,54)(H,48,53). The van der Waals surface area contributed by atoms with Gasteiger partial charge in [0.25, 0.3) is 11.5 Å². The van der Waals surface area contributed by atoms with Gasteiger partial charge in [-0.1, -0.05) is 48.0 Å². The van der Waals surface area contributed by atoms with Gasteiger partial charge in [-0.05, 0) is 94.1 Å². The molecule has 1 unspecified atom stereocenters. The van der Waals surface area contributed by atoms with Crippen LogP contribution in [0.4, 0.5) is 5.69 Å². The number of benzene rings is 3. The normalized spacial score (nSPS) is 15.6. The van der Waals surface area contributed by atoms with E-state index in [-0.39, 0.29) is 35.7 Å². The van der Waals surface area contributed by atoms with Crippen molar-refractivity contribution in [1.82, 2.24) is 29.7 Å². The fraction of sp³-hybridized carbons (Fsp3) is 0.409. The number of nitrogens with one attached hydrogen (secondary N) is 2. The number of rotatable bonds is 14. The Morgan fingerprint density at radius 2 is 1.79 bits per heavy atom. The lowest BCUT2D eigenvalue weighted by atomic mass is 9.88. The zero-order valence-electron chi connectivity index (χ0n) is 33.0. The van der Waals surface area contributed by atoms with Gasteiger partial charge in [0.2, 0.25) is 11.8 Å². The molecule has 7 rings (SSSR count). The van der Waals surface area contributed by atoms with Gasteiger partial charge in [0.05, 0.1) is 58.8 Å². The number of amides is 3. The highest BCUT2D eigenvalue weighted by molar-refractivity contribution is 6.36. The number of ether oxygens (including phenoxy) is 1. The highest BCUT2D eigenvalue weighted by Gasteiger charge is 2.36. The summed E-state index contributed by atoms with van der Waals surface area (Å²) in [6.07, 6.45) is 4.81. The van der Waals surface area contributed by atoms with Crippen LogP contribution in [-0.2, 0) is 40.3 Å². The van der Waals surface area contributed by atoms with Crippen LogP contribution in [0.25, 0.3) is 21.8 Å². The van der Waals surface area contributed by atoms with Crippen molar-refractivity contribution in [3.63, 3.8) is 0 Å². The van der Waals surface area contributed by atoms with E-state index in [1.165, 1.54) is 10.9 Å². The summed E-state index contributed by atoms with van der Waals surface area (Å²) in [6, 6.07) is 20.2. The topological polar surface area (TPSA) is 159 Å². The van der Waals surface area contributed by atoms with Crippen molar-refractivity contribution in [2.75, 3.05) is 52.2 Å². The number of halogens is 1. The van der Waals surface area contributed by atoms with Gasteiger partial charge in [-0.15, -0.1) is 0 Å². The molecule has 13 nitrogen and oxygen atoms in total. The van der Waals surface area contributed by atoms with E-state index in [2.05, 4.69) is 15.6 Å². The van der Waals surface area contributed by atoms with Gasteiger partial charge in [0, 0.05) is 55.2 Å². The van der Waals surface area contributed by atoms with Crippen molar-refractivity contribution in [1.29, 1.82) is 0 Å². The molecule has 1 atom stereocenters. The number of carbonyl (C=O) groups excluding carboxylic acids is 3. The van der Waals surface area contributed by atoms with E-state index >= 15 is 0 Å². The van der Waals surface area contributed by atoms with E-state index in [9.17, 15) is 24.3 Å². The third-order valence-corrected chi connectivity index (χ3v) is 11.6. The number of pyridine rings is 1. The summed E-state index contributed by atoms with van der Waals surface area (Å²) in [5.41, 5.74) is 3.52. The number of piperidine rings is 1. The monoisotopic (exact) mass is 807 g/mol. The van der Waals surface area contributed by atoms with Crippen molar-refractivity contribution in [3.05, 3.63) is 111 Å². The second-order valence-electron chi connectivity index (χ2n) is 15.7. The summed E-state index contributed by atoms with van der Waals surface area (Å²) in [5, 5.41) is 19.4. The molecule has 304 valence electrons. The average Bonchev–Trinajstić information content (AvgIpc) is 3.22. The zero-order chi connectivity index (χ0) is 40.8. The van der Waals surface area contributed by atoms with Crippen LogP contribution in [0.5, 0.6) is 0 Å². The Morgan fingerprint density at radius 3 is 2.57 bits per heavy atom. The number of hydrogen-bond acceptors (Lipinski definition) is 9. The highest BCUT2D eigenvalue weighted by atomic mass is 35.5. The van der Waals surface area contributed by atoms with E-state index in [1.807, 2.05) is 60.3 Å². The van der Waals surface area contributed by atoms with Crippen molar-refractivity contribution < 1.29 is 24.2 Å². The molecular formula is C44H50ClN7O6. The molecule has 14 heteroatoms. The third kappa shape index (κ3) is 9.72. The Bertz CT molecular complexity index is 2360. The molecule has 5 aromatic rings. The van der Waals surface area contributed by atoms with Gasteiger partial charge in [-0.25, -0.2) is 9.97 Å². The molecule has 0 saturated carbocycles. The van der Waals surface area contributed by atoms with Gasteiger partial charge in [0.1, 0.15) is 0 Å². The molecular weight excluding hydrogens is 758 g/mol. The summed E-state index contributed by atoms with van der Waals surface area (Å²) in [4.78, 5) is 66.0. The number of hydrogen-bond donors (Lipinski definition) is 3. The molecule has 4 heterocycles. The van der Waals surface area contributed by atoms with E-state index in [0.29, 0.717) is 117 Å². The van der Waals surface area contributed by atoms with Crippen LogP contribution in [0, 0.1) is 5.92 Å². The molecule has 3 amide bonds. The maximum absolute atomic E-state index is 14.1. The predicted octanol–water partition coefficient (Wildman–Crippen LogP) is 4.98. The molecule has 2 aromatic heterocycles. The largest absolute Gasteiger partial charge is 0.388 e.